The van der Waals surface area contributed by atoms with Gasteiger partial charge in [0.15, 0.2) is 17.3 Å². The Labute approximate surface area is 250 Å². The van der Waals surface area contributed by atoms with Crippen LogP contribution in [0.15, 0.2) is 33.5 Å². The van der Waals surface area contributed by atoms with Crippen LogP contribution in [0.3, 0.4) is 0 Å². The lowest BCUT2D eigenvalue weighted by Gasteiger charge is -2.39. The molecule has 3 aromatic rings. The molecule has 0 unspecified atom stereocenters. The zero-order valence-corrected chi connectivity index (χ0v) is 22.8. The van der Waals surface area contributed by atoms with Crippen LogP contribution in [-0.2, 0) is 9.47 Å². The van der Waals surface area contributed by atoms with Crippen LogP contribution in [0, 0.1) is 0 Å². The summed E-state index contributed by atoms with van der Waals surface area (Å²) in [6, 6.07) is 3.51. The van der Waals surface area contributed by atoms with E-state index in [9.17, 15) is 66.1 Å². The van der Waals surface area contributed by atoms with Crippen molar-refractivity contribution in [3.05, 3.63) is 34.5 Å². The Kier molecular flexibility index (Phi) is 8.97. The van der Waals surface area contributed by atoms with Gasteiger partial charge >= 0.3 is 0 Å². The number of hydrogen-bond donors (Lipinski definition) is 12. The Morgan fingerprint density at radius 2 is 1.11 bits per heavy atom. The van der Waals surface area contributed by atoms with Crippen molar-refractivity contribution < 1.29 is 84.6 Å². The molecule has 45 heavy (non-hydrogen) atoms. The van der Waals surface area contributed by atoms with E-state index in [4.69, 9.17) is 23.4 Å². The Morgan fingerprint density at radius 3 is 1.60 bits per heavy atom. The van der Waals surface area contributed by atoms with Crippen LogP contribution in [0.2, 0.25) is 0 Å². The third-order valence-corrected chi connectivity index (χ3v) is 7.39. The van der Waals surface area contributed by atoms with E-state index in [2.05, 4.69) is 0 Å². The third kappa shape index (κ3) is 5.79. The molecule has 1 aromatic heterocycles. The van der Waals surface area contributed by atoms with Crippen LogP contribution in [0.4, 0.5) is 0 Å². The van der Waals surface area contributed by atoms with Gasteiger partial charge in [0.05, 0.1) is 13.2 Å². The van der Waals surface area contributed by atoms with Gasteiger partial charge in [-0.1, -0.05) is 0 Å². The summed E-state index contributed by atoms with van der Waals surface area (Å²) in [4.78, 5) is 13.6. The molecule has 0 bridgehead atoms. The first-order valence-corrected chi connectivity index (χ1v) is 13.3. The molecule has 18 heteroatoms. The zero-order valence-electron chi connectivity index (χ0n) is 22.8. The molecular formula is C27H30O18. The normalized spacial score (nSPS) is 32.0. The molecule has 18 nitrogen and oxygen atoms in total. The smallest absolute Gasteiger partial charge is 0.239 e. The molecule has 2 saturated heterocycles. The summed E-state index contributed by atoms with van der Waals surface area (Å²) in [5.74, 6) is -5.17. The lowest BCUT2D eigenvalue weighted by molar-refractivity contribution is -0.277. The number of ether oxygens (including phenoxy) is 4. The summed E-state index contributed by atoms with van der Waals surface area (Å²) in [6.07, 6.45) is -17.7. The Hall–Kier alpha value is -3.95. The molecular weight excluding hydrogens is 612 g/mol. The number of benzene rings is 2. The maximum Gasteiger partial charge on any atom is 0.239 e. The molecule has 0 amide bonds. The van der Waals surface area contributed by atoms with Crippen LogP contribution >= 0.6 is 0 Å². The maximum absolute atomic E-state index is 13.6. The molecule has 2 aromatic carbocycles. The van der Waals surface area contributed by atoms with Crippen LogP contribution in [0.25, 0.3) is 22.3 Å². The average Bonchev–Trinajstić information content (AvgIpc) is 2.99. The second kappa shape index (κ2) is 12.4. The second-order valence-corrected chi connectivity index (χ2v) is 10.4. The van der Waals surface area contributed by atoms with Crippen molar-refractivity contribution >= 4 is 11.0 Å². The number of rotatable bonds is 7. The molecule has 2 aliphatic rings. The lowest BCUT2D eigenvalue weighted by atomic mass is 9.99. The van der Waals surface area contributed by atoms with Crippen LogP contribution < -0.4 is 14.9 Å². The van der Waals surface area contributed by atoms with E-state index in [-0.39, 0.29) is 5.56 Å². The lowest BCUT2D eigenvalue weighted by Crippen LogP contribution is -2.60. The highest BCUT2D eigenvalue weighted by molar-refractivity contribution is 5.88. The molecule has 0 spiro atoms. The molecule has 3 heterocycles. The topological polar surface area (TPSA) is 310 Å². The highest BCUT2D eigenvalue weighted by Crippen LogP contribution is 2.44. The van der Waals surface area contributed by atoms with E-state index in [0.29, 0.717) is 0 Å². The number of hydrogen-bond acceptors (Lipinski definition) is 18. The standard InChI is InChI=1S/C27H30O18/c28-5-13-16(34)19(37)21(39)26(42-13)44-24-10(32)1-7(2-11(24)33)23-25(18(36)15-9(31)3-8(30)4-12(15)41-23)45-27-22(40)20(38)17(35)14(6-29)43-27/h1-4,13-14,16-17,19-22,26-35,37-40H,5-6H2/t13-,14-,16-,17-,19+,20+,21-,22-,26+,27+/m0/s1. The van der Waals surface area contributed by atoms with Gasteiger partial charge in [-0.3, -0.25) is 4.79 Å². The quantitative estimate of drug-likeness (QED) is 0.120. The van der Waals surface area contributed by atoms with Gasteiger partial charge in [0.2, 0.25) is 29.5 Å². The van der Waals surface area contributed by atoms with E-state index in [1.807, 2.05) is 0 Å². The summed E-state index contributed by atoms with van der Waals surface area (Å²) < 4.78 is 27.1. The number of phenolic OH excluding ortho intramolecular Hbond substituents is 4. The molecule has 0 radical (unpaired) electrons. The molecule has 0 aliphatic carbocycles. The van der Waals surface area contributed by atoms with Gasteiger partial charge in [0.1, 0.15) is 71.3 Å². The van der Waals surface area contributed by atoms with Crippen molar-refractivity contribution in [2.24, 2.45) is 0 Å². The van der Waals surface area contributed by atoms with Gasteiger partial charge in [0, 0.05) is 17.7 Å². The van der Waals surface area contributed by atoms with E-state index < -0.39 is 131 Å². The monoisotopic (exact) mass is 642 g/mol. The highest BCUT2D eigenvalue weighted by atomic mass is 16.7. The summed E-state index contributed by atoms with van der Waals surface area (Å²) in [7, 11) is 0. The average molecular weight is 643 g/mol. The van der Waals surface area contributed by atoms with E-state index >= 15 is 0 Å². The van der Waals surface area contributed by atoms with Gasteiger partial charge in [-0.2, -0.15) is 0 Å². The first-order valence-electron chi connectivity index (χ1n) is 13.3. The van der Waals surface area contributed by atoms with E-state index in [1.165, 1.54) is 0 Å². The third-order valence-electron chi connectivity index (χ3n) is 7.39. The minimum absolute atomic E-state index is 0.326. The predicted octanol–water partition coefficient (Wildman–Crippen LogP) is -3.36. The second-order valence-electron chi connectivity index (χ2n) is 10.4. The fraction of sp³-hybridized carbons (Fsp3) is 0.444. The summed E-state index contributed by atoms with van der Waals surface area (Å²) in [6.45, 7) is -1.62. The first kappa shape index (κ1) is 32.4. The largest absolute Gasteiger partial charge is 0.508 e. The fourth-order valence-electron chi connectivity index (χ4n) is 4.98. The maximum atomic E-state index is 13.6. The van der Waals surface area contributed by atoms with Gasteiger partial charge < -0.3 is 84.6 Å². The van der Waals surface area contributed by atoms with Gasteiger partial charge in [0.25, 0.3) is 0 Å². The van der Waals surface area contributed by atoms with E-state index in [0.717, 1.165) is 24.3 Å². The van der Waals surface area contributed by atoms with Crippen LogP contribution in [0.1, 0.15) is 0 Å². The van der Waals surface area contributed by atoms with Crippen molar-refractivity contribution in [1.29, 1.82) is 0 Å². The Balaban J connectivity index is 1.59. The summed E-state index contributed by atoms with van der Waals surface area (Å²) in [5.41, 5.74) is -1.86. The number of phenols is 4. The van der Waals surface area contributed by atoms with Crippen molar-refractivity contribution in [2.45, 2.75) is 61.4 Å². The van der Waals surface area contributed by atoms with Gasteiger partial charge in [-0.05, 0) is 12.1 Å². The number of aliphatic hydroxyl groups is 8. The van der Waals surface area contributed by atoms with Crippen molar-refractivity contribution in [1.82, 2.24) is 0 Å². The van der Waals surface area contributed by atoms with E-state index in [1.54, 1.807) is 0 Å². The first-order chi connectivity index (χ1) is 21.3. The van der Waals surface area contributed by atoms with Crippen molar-refractivity contribution in [2.75, 3.05) is 13.2 Å². The SMILES string of the molecule is O=c1c(O[C@H]2O[C@@H](CO)[C@H](O)[C@@H](O)[C@@H]2O)c(-c2cc(O)c(O[C@H]3O[C@@H](CO)[C@H](O)[C@@H](O)[C@@H]3O)c(O)c2)oc2cc(O)cc(O)c12. The predicted molar refractivity (Wildman–Crippen MR) is 143 cm³/mol. The molecule has 2 fully saturated rings. The summed E-state index contributed by atoms with van der Waals surface area (Å²) >= 11 is 0. The molecule has 246 valence electrons. The number of aromatic hydroxyl groups is 4. The molecule has 10 atom stereocenters. The van der Waals surface area contributed by atoms with Crippen LogP contribution in [0.5, 0.6) is 34.5 Å². The number of fused-ring (bicyclic) bond motifs is 1. The minimum atomic E-state index is -1.99. The number of aliphatic hydroxyl groups excluding tert-OH is 8. The van der Waals surface area contributed by atoms with Crippen LogP contribution in [-0.4, -0.2) is 136 Å². The Bertz CT molecular complexity index is 1580. The zero-order chi connectivity index (χ0) is 32.9. The highest BCUT2D eigenvalue weighted by Gasteiger charge is 2.46. The van der Waals surface area contributed by atoms with Gasteiger partial charge in [-0.15, -0.1) is 0 Å². The molecule has 5 rings (SSSR count). The van der Waals surface area contributed by atoms with Crippen molar-refractivity contribution in [3.63, 3.8) is 0 Å². The molecule has 0 saturated carbocycles. The molecule has 12 N–H and O–H groups in total. The summed E-state index contributed by atoms with van der Waals surface area (Å²) in [5, 5.41) is 121. The Morgan fingerprint density at radius 1 is 0.622 bits per heavy atom. The van der Waals surface area contributed by atoms with Gasteiger partial charge in [-0.25, -0.2) is 0 Å². The fourth-order valence-corrected chi connectivity index (χ4v) is 4.98. The van der Waals surface area contributed by atoms with Crippen molar-refractivity contribution in [3.8, 4) is 45.8 Å². The molecule has 2 aliphatic heterocycles. The minimum Gasteiger partial charge on any atom is -0.508 e.